The maximum atomic E-state index is 12.4. The molecule has 0 aliphatic heterocycles. The van der Waals surface area contributed by atoms with Gasteiger partial charge in [0.2, 0.25) is 0 Å². The highest BCUT2D eigenvalue weighted by Gasteiger charge is 2.55. The Kier molecular flexibility index (Phi) is 3.84. The zero-order chi connectivity index (χ0) is 13.3. The van der Waals surface area contributed by atoms with Crippen molar-refractivity contribution in [3.63, 3.8) is 0 Å². The molecule has 4 saturated carbocycles. The summed E-state index contributed by atoms with van der Waals surface area (Å²) < 4.78 is 10.7. The van der Waals surface area contributed by atoms with Gasteiger partial charge in [0.15, 0.2) is 0 Å². The van der Waals surface area contributed by atoms with Crippen molar-refractivity contribution in [3.8, 4) is 0 Å². The molecule has 0 aromatic rings. The molecule has 3 nitrogen and oxygen atoms in total. The lowest BCUT2D eigenvalue weighted by Crippen LogP contribution is -2.50. The number of carbonyl (C=O) groups excluding carboxylic acids is 1. The third-order valence-electron chi connectivity index (χ3n) is 5.19. The Hall–Kier alpha value is -0.570. The van der Waals surface area contributed by atoms with Crippen LogP contribution in [-0.4, -0.2) is 19.2 Å². The summed E-state index contributed by atoms with van der Waals surface area (Å²) in [6.45, 7) is 4.68. The Morgan fingerprint density at radius 1 is 1.11 bits per heavy atom. The van der Waals surface area contributed by atoms with E-state index in [0.29, 0.717) is 13.2 Å². The van der Waals surface area contributed by atoms with Crippen LogP contribution in [0.2, 0.25) is 0 Å². The van der Waals surface area contributed by atoms with Crippen LogP contribution in [0.5, 0.6) is 0 Å². The van der Waals surface area contributed by atoms with Crippen LogP contribution in [0.15, 0.2) is 0 Å². The van der Waals surface area contributed by atoms with E-state index in [1.54, 1.807) is 6.61 Å². The van der Waals surface area contributed by atoms with Gasteiger partial charge in [0, 0.05) is 0 Å². The predicted octanol–water partition coefficient (Wildman–Crippen LogP) is 3.33. The van der Waals surface area contributed by atoms with Crippen molar-refractivity contribution in [3.05, 3.63) is 6.61 Å². The summed E-state index contributed by atoms with van der Waals surface area (Å²) >= 11 is 0. The second kappa shape index (κ2) is 5.43. The standard InChI is InChI=1S/C16H25O3/c1-2-3-18-4-5-19-15(17)16-9-12-6-13(10-16)8-14(7-12)11-16/h3,12-14H,2,4-11H2,1H3. The van der Waals surface area contributed by atoms with E-state index in [9.17, 15) is 4.79 Å². The molecule has 0 unspecified atom stereocenters. The van der Waals surface area contributed by atoms with E-state index >= 15 is 0 Å². The van der Waals surface area contributed by atoms with Crippen molar-refractivity contribution >= 4 is 5.97 Å². The number of esters is 1. The molecular formula is C16H25O3. The Bertz CT molecular complexity index is 302. The van der Waals surface area contributed by atoms with Crippen molar-refractivity contribution in [2.75, 3.05) is 13.2 Å². The Balaban J connectivity index is 1.52. The Labute approximate surface area is 116 Å². The molecule has 4 rings (SSSR count). The quantitative estimate of drug-likeness (QED) is 0.546. The van der Waals surface area contributed by atoms with Gasteiger partial charge in [0.05, 0.1) is 18.6 Å². The van der Waals surface area contributed by atoms with Gasteiger partial charge in [-0.15, -0.1) is 0 Å². The molecule has 19 heavy (non-hydrogen) atoms. The molecular weight excluding hydrogens is 240 g/mol. The highest BCUT2D eigenvalue weighted by molar-refractivity contribution is 5.77. The Morgan fingerprint density at radius 3 is 2.21 bits per heavy atom. The first-order valence-corrected chi connectivity index (χ1v) is 7.82. The van der Waals surface area contributed by atoms with Crippen molar-refractivity contribution < 1.29 is 14.3 Å². The van der Waals surface area contributed by atoms with E-state index in [2.05, 4.69) is 0 Å². The van der Waals surface area contributed by atoms with Crippen molar-refractivity contribution in [2.24, 2.45) is 23.2 Å². The van der Waals surface area contributed by atoms with Gasteiger partial charge in [-0.25, -0.2) is 0 Å². The highest BCUT2D eigenvalue weighted by atomic mass is 16.6. The van der Waals surface area contributed by atoms with E-state index in [0.717, 1.165) is 43.4 Å². The topological polar surface area (TPSA) is 35.5 Å². The first-order valence-electron chi connectivity index (χ1n) is 7.82. The summed E-state index contributed by atoms with van der Waals surface area (Å²) in [6, 6.07) is 0. The number of carbonyl (C=O) groups is 1. The smallest absolute Gasteiger partial charge is 0.312 e. The number of hydrogen-bond acceptors (Lipinski definition) is 3. The predicted molar refractivity (Wildman–Crippen MR) is 72.1 cm³/mol. The normalized spacial score (nSPS) is 39.5. The lowest BCUT2D eigenvalue weighted by atomic mass is 9.49. The van der Waals surface area contributed by atoms with Crippen LogP contribution in [0, 0.1) is 29.8 Å². The van der Waals surface area contributed by atoms with Crippen LogP contribution in [0.3, 0.4) is 0 Å². The molecule has 107 valence electrons. The lowest BCUT2D eigenvalue weighted by molar-refractivity contribution is -0.172. The molecule has 0 N–H and O–H groups in total. The van der Waals surface area contributed by atoms with Crippen molar-refractivity contribution in [2.45, 2.75) is 51.9 Å². The zero-order valence-electron chi connectivity index (χ0n) is 11.9. The molecule has 0 spiro atoms. The van der Waals surface area contributed by atoms with E-state index in [1.807, 2.05) is 6.92 Å². The van der Waals surface area contributed by atoms with Gasteiger partial charge in [-0.05, 0) is 62.7 Å². The molecule has 4 bridgehead atoms. The summed E-state index contributed by atoms with van der Waals surface area (Å²) in [7, 11) is 0. The molecule has 0 atom stereocenters. The number of hydrogen-bond donors (Lipinski definition) is 0. The van der Waals surface area contributed by atoms with Crippen LogP contribution in [-0.2, 0) is 14.3 Å². The average molecular weight is 265 g/mol. The molecule has 1 radical (unpaired) electrons. The van der Waals surface area contributed by atoms with Gasteiger partial charge in [0.1, 0.15) is 6.61 Å². The van der Waals surface area contributed by atoms with Gasteiger partial charge in [-0.3, -0.25) is 4.79 Å². The fourth-order valence-corrected chi connectivity index (χ4v) is 4.90. The first-order chi connectivity index (χ1) is 9.22. The second-order valence-electron chi connectivity index (χ2n) is 6.78. The van der Waals surface area contributed by atoms with Crippen molar-refractivity contribution in [1.82, 2.24) is 0 Å². The van der Waals surface area contributed by atoms with Gasteiger partial charge < -0.3 is 9.47 Å². The average Bonchev–Trinajstić information content (AvgIpc) is 2.36. The van der Waals surface area contributed by atoms with Crippen LogP contribution in [0.1, 0.15) is 51.9 Å². The fourth-order valence-electron chi connectivity index (χ4n) is 4.90. The number of ether oxygens (including phenoxy) is 2. The Morgan fingerprint density at radius 2 is 1.68 bits per heavy atom. The summed E-state index contributed by atoms with van der Waals surface area (Å²) in [5.41, 5.74) is -0.122. The van der Waals surface area contributed by atoms with E-state index in [-0.39, 0.29) is 11.4 Å². The molecule has 4 fully saturated rings. The third kappa shape index (κ3) is 2.67. The monoisotopic (exact) mass is 265 g/mol. The van der Waals surface area contributed by atoms with Gasteiger partial charge in [0.25, 0.3) is 0 Å². The van der Waals surface area contributed by atoms with Gasteiger partial charge in [-0.2, -0.15) is 0 Å². The summed E-state index contributed by atoms with van der Waals surface area (Å²) in [5, 5.41) is 0. The van der Waals surface area contributed by atoms with Crippen LogP contribution in [0.4, 0.5) is 0 Å². The molecule has 0 saturated heterocycles. The molecule has 4 aliphatic rings. The third-order valence-corrected chi connectivity index (χ3v) is 5.19. The number of rotatable bonds is 6. The minimum Gasteiger partial charge on any atom is -0.463 e. The highest BCUT2D eigenvalue weighted by Crippen LogP contribution is 2.60. The second-order valence-corrected chi connectivity index (χ2v) is 6.78. The summed E-state index contributed by atoms with van der Waals surface area (Å²) in [4.78, 5) is 12.4. The summed E-state index contributed by atoms with van der Waals surface area (Å²) in [6.07, 6.45) is 8.23. The summed E-state index contributed by atoms with van der Waals surface area (Å²) in [5.74, 6) is 2.45. The van der Waals surface area contributed by atoms with E-state index in [1.165, 1.54) is 19.3 Å². The minimum atomic E-state index is -0.122. The maximum Gasteiger partial charge on any atom is 0.312 e. The molecule has 0 heterocycles. The van der Waals surface area contributed by atoms with Gasteiger partial charge >= 0.3 is 5.97 Å². The SMILES string of the molecule is CC[CH]OCCOC(=O)C12CC3CC(CC(C3)C1)C2. The van der Waals surface area contributed by atoms with Crippen LogP contribution < -0.4 is 0 Å². The minimum absolute atomic E-state index is 0.0618. The van der Waals surface area contributed by atoms with E-state index < -0.39 is 0 Å². The van der Waals surface area contributed by atoms with E-state index in [4.69, 9.17) is 9.47 Å². The molecule has 4 aliphatic carbocycles. The zero-order valence-corrected chi connectivity index (χ0v) is 11.9. The lowest BCUT2D eigenvalue weighted by Gasteiger charge is -2.55. The molecule has 3 heteroatoms. The van der Waals surface area contributed by atoms with Crippen LogP contribution >= 0.6 is 0 Å². The largest absolute Gasteiger partial charge is 0.463 e. The van der Waals surface area contributed by atoms with Crippen molar-refractivity contribution in [1.29, 1.82) is 0 Å². The maximum absolute atomic E-state index is 12.4. The molecule has 0 aromatic heterocycles. The van der Waals surface area contributed by atoms with Gasteiger partial charge in [-0.1, -0.05) is 6.92 Å². The first kappa shape index (κ1) is 13.4. The fraction of sp³-hybridized carbons (Fsp3) is 0.875. The molecule has 0 amide bonds. The van der Waals surface area contributed by atoms with Crippen LogP contribution in [0.25, 0.3) is 0 Å². The molecule has 0 aromatic carbocycles.